The minimum atomic E-state index is -0.295. The van der Waals surface area contributed by atoms with Gasteiger partial charge in [-0.25, -0.2) is 0 Å². The summed E-state index contributed by atoms with van der Waals surface area (Å²) in [5, 5.41) is 12.8. The quantitative estimate of drug-likeness (QED) is 0.843. The molecule has 2 rings (SSSR count). The second-order valence-corrected chi connectivity index (χ2v) is 6.34. The van der Waals surface area contributed by atoms with Crippen LogP contribution >= 0.6 is 0 Å². The fourth-order valence-corrected chi connectivity index (χ4v) is 3.07. The molecule has 0 saturated carbocycles. The Bertz CT molecular complexity index is 461. The summed E-state index contributed by atoms with van der Waals surface area (Å²) in [6.45, 7) is 6.23. The largest absolute Gasteiger partial charge is 0.393 e. The molecule has 0 spiro atoms. The highest BCUT2D eigenvalue weighted by Crippen LogP contribution is 2.21. The summed E-state index contributed by atoms with van der Waals surface area (Å²) < 4.78 is 0. The van der Waals surface area contributed by atoms with Crippen LogP contribution in [0.2, 0.25) is 0 Å². The number of nitrogens with zero attached hydrogens (tertiary/aromatic N) is 1. The second kappa shape index (κ2) is 8.30. The molecule has 1 aromatic rings. The third-order valence-electron chi connectivity index (χ3n) is 4.65. The zero-order valence-corrected chi connectivity index (χ0v) is 13.7. The average molecular weight is 304 g/mol. The molecule has 4 nitrogen and oxygen atoms in total. The fraction of sp³-hybridized carbons (Fsp3) is 0.611. The van der Waals surface area contributed by atoms with Gasteiger partial charge in [-0.3, -0.25) is 9.69 Å². The third-order valence-corrected chi connectivity index (χ3v) is 4.65. The van der Waals surface area contributed by atoms with Crippen LogP contribution in [0.5, 0.6) is 0 Å². The van der Waals surface area contributed by atoms with Gasteiger partial charge in [-0.1, -0.05) is 30.3 Å². The van der Waals surface area contributed by atoms with Crippen LogP contribution < -0.4 is 5.32 Å². The van der Waals surface area contributed by atoms with Crippen molar-refractivity contribution in [3.05, 3.63) is 35.9 Å². The van der Waals surface area contributed by atoms with Gasteiger partial charge in [0.1, 0.15) is 0 Å². The summed E-state index contributed by atoms with van der Waals surface area (Å²) in [4.78, 5) is 14.5. The Kier molecular flexibility index (Phi) is 6.40. The van der Waals surface area contributed by atoms with Crippen LogP contribution in [0.4, 0.5) is 0 Å². The van der Waals surface area contributed by atoms with E-state index in [2.05, 4.69) is 22.3 Å². The Balaban J connectivity index is 1.76. The molecule has 3 unspecified atom stereocenters. The standard InChI is InChI=1S/C18H28N2O2/c1-14(20-12-6-9-17(13-20)15(2)21)18(22)19-11-10-16-7-4-3-5-8-16/h3-5,7-8,14-15,17,21H,6,9-13H2,1-2H3,(H,19,22). The highest BCUT2D eigenvalue weighted by molar-refractivity contribution is 5.81. The summed E-state index contributed by atoms with van der Waals surface area (Å²) in [6.07, 6.45) is 2.67. The van der Waals surface area contributed by atoms with Gasteiger partial charge in [-0.05, 0) is 51.1 Å². The van der Waals surface area contributed by atoms with Crippen LogP contribution in [0.25, 0.3) is 0 Å². The van der Waals surface area contributed by atoms with Crippen LogP contribution in [-0.2, 0) is 11.2 Å². The number of hydrogen-bond donors (Lipinski definition) is 2. The van der Waals surface area contributed by atoms with Gasteiger partial charge in [-0.15, -0.1) is 0 Å². The van der Waals surface area contributed by atoms with Gasteiger partial charge in [0.05, 0.1) is 12.1 Å². The SMILES string of the molecule is CC(O)C1CCCN(C(C)C(=O)NCCc2ccccc2)C1. The Morgan fingerprint density at radius 1 is 1.36 bits per heavy atom. The zero-order valence-electron chi connectivity index (χ0n) is 13.7. The number of nitrogens with one attached hydrogen (secondary N) is 1. The molecular formula is C18H28N2O2. The van der Waals surface area contributed by atoms with Crippen LogP contribution in [-0.4, -0.2) is 47.7 Å². The molecule has 22 heavy (non-hydrogen) atoms. The minimum absolute atomic E-state index is 0.0853. The first kappa shape index (κ1) is 17.0. The molecule has 2 N–H and O–H groups in total. The first-order valence-corrected chi connectivity index (χ1v) is 8.31. The molecule has 1 amide bonds. The molecular weight excluding hydrogens is 276 g/mol. The summed E-state index contributed by atoms with van der Waals surface area (Å²) in [7, 11) is 0. The highest BCUT2D eigenvalue weighted by Gasteiger charge is 2.29. The molecule has 0 aliphatic carbocycles. The molecule has 1 heterocycles. The lowest BCUT2D eigenvalue weighted by molar-refractivity contribution is -0.126. The first-order chi connectivity index (χ1) is 10.6. The molecule has 4 heteroatoms. The average Bonchev–Trinajstić information content (AvgIpc) is 2.55. The van der Waals surface area contributed by atoms with Crippen LogP contribution in [0.15, 0.2) is 30.3 Å². The monoisotopic (exact) mass is 304 g/mol. The number of likely N-dealkylation sites (tertiary alicyclic amines) is 1. The van der Waals surface area contributed by atoms with Crippen molar-refractivity contribution in [1.82, 2.24) is 10.2 Å². The number of amides is 1. The maximum atomic E-state index is 12.3. The Hall–Kier alpha value is -1.39. The van der Waals surface area contributed by atoms with E-state index in [1.807, 2.05) is 32.0 Å². The normalized spacial score (nSPS) is 22.0. The number of hydrogen-bond acceptors (Lipinski definition) is 3. The zero-order chi connectivity index (χ0) is 15.9. The molecule has 0 aromatic heterocycles. The molecule has 0 radical (unpaired) electrons. The number of carbonyl (C=O) groups is 1. The van der Waals surface area contributed by atoms with Crippen LogP contribution in [0.3, 0.4) is 0 Å². The van der Waals surface area contributed by atoms with E-state index in [0.717, 1.165) is 32.4 Å². The van der Waals surface area contributed by atoms with Crippen molar-refractivity contribution >= 4 is 5.91 Å². The number of carbonyl (C=O) groups excluding carboxylic acids is 1. The number of piperidine rings is 1. The van der Waals surface area contributed by atoms with E-state index in [1.165, 1.54) is 5.56 Å². The highest BCUT2D eigenvalue weighted by atomic mass is 16.3. The van der Waals surface area contributed by atoms with Gasteiger partial charge in [0.15, 0.2) is 0 Å². The van der Waals surface area contributed by atoms with E-state index in [-0.39, 0.29) is 24.0 Å². The predicted molar refractivity (Wildman–Crippen MR) is 88.6 cm³/mol. The lowest BCUT2D eigenvalue weighted by Crippen LogP contribution is -2.50. The lowest BCUT2D eigenvalue weighted by Gasteiger charge is -2.37. The summed E-state index contributed by atoms with van der Waals surface area (Å²) in [5.74, 6) is 0.371. The Morgan fingerprint density at radius 2 is 2.09 bits per heavy atom. The summed E-state index contributed by atoms with van der Waals surface area (Å²) in [6, 6.07) is 10.1. The topological polar surface area (TPSA) is 52.6 Å². The van der Waals surface area contributed by atoms with E-state index >= 15 is 0 Å². The maximum absolute atomic E-state index is 12.3. The van der Waals surface area contributed by atoms with Crippen molar-refractivity contribution in [3.63, 3.8) is 0 Å². The lowest BCUT2D eigenvalue weighted by atomic mass is 9.92. The van der Waals surface area contributed by atoms with Gasteiger partial charge in [-0.2, -0.15) is 0 Å². The molecule has 1 aliphatic heterocycles. The van der Waals surface area contributed by atoms with E-state index in [0.29, 0.717) is 6.54 Å². The number of rotatable bonds is 6. The number of aliphatic hydroxyl groups excluding tert-OH is 1. The van der Waals surface area contributed by atoms with Crippen molar-refractivity contribution in [2.24, 2.45) is 5.92 Å². The second-order valence-electron chi connectivity index (χ2n) is 6.34. The first-order valence-electron chi connectivity index (χ1n) is 8.31. The summed E-state index contributed by atoms with van der Waals surface area (Å²) >= 11 is 0. The van der Waals surface area contributed by atoms with Crippen LogP contribution in [0.1, 0.15) is 32.3 Å². The molecule has 0 bridgehead atoms. The fourth-order valence-electron chi connectivity index (χ4n) is 3.07. The van der Waals surface area contributed by atoms with E-state index in [1.54, 1.807) is 0 Å². The van der Waals surface area contributed by atoms with E-state index < -0.39 is 0 Å². The molecule has 1 saturated heterocycles. The van der Waals surface area contributed by atoms with E-state index in [4.69, 9.17) is 0 Å². The van der Waals surface area contributed by atoms with E-state index in [9.17, 15) is 9.90 Å². The maximum Gasteiger partial charge on any atom is 0.237 e. The Labute approximate surface area is 133 Å². The van der Waals surface area contributed by atoms with Crippen molar-refractivity contribution in [2.75, 3.05) is 19.6 Å². The molecule has 1 aromatic carbocycles. The van der Waals surface area contributed by atoms with Crippen molar-refractivity contribution < 1.29 is 9.90 Å². The van der Waals surface area contributed by atoms with Crippen LogP contribution in [0, 0.1) is 5.92 Å². The minimum Gasteiger partial charge on any atom is -0.393 e. The predicted octanol–water partition coefficient (Wildman–Crippen LogP) is 1.83. The molecule has 1 aliphatic rings. The molecule has 3 atom stereocenters. The van der Waals surface area contributed by atoms with Gasteiger partial charge in [0.2, 0.25) is 5.91 Å². The number of benzene rings is 1. The van der Waals surface area contributed by atoms with Gasteiger partial charge >= 0.3 is 0 Å². The smallest absolute Gasteiger partial charge is 0.237 e. The van der Waals surface area contributed by atoms with Crippen molar-refractivity contribution in [3.8, 4) is 0 Å². The van der Waals surface area contributed by atoms with Gasteiger partial charge in [0.25, 0.3) is 0 Å². The summed E-state index contributed by atoms with van der Waals surface area (Å²) in [5.41, 5.74) is 1.24. The van der Waals surface area contributed by atoms with Gasteiger partial charge < -0.3 is 10.4 Å². The third kappa shape index (κ3) is 4.82. The van der Waals surface area contributed by atoms with Gasteiger partial charge in [0, 0.05) is 13.1 Å². The van der Waals surface area contributed by atoms with Crippen molar-refractivity contribution in [2.45, 2.75) is 45.3 Å². The molecule has 122 valence electrons. The molecule has 1 fully saturated rings. The number of aliphatic hydroxyl groups is 1. The van der Waals surface area contributed by atoms with Crippen molar-refractivity contribution in [1.29, 1.82) is 0 Å². The Morgan fingerprint density at radius 3 is 2.77 bits per heavy atom.